The lowest BCUT2D eigenvalue weighted by Crippen LogP contribution is -2.28. The molecular formula is C53H35NO. The highest BCUT2D eigenvalue weighted by Crippen LogP contribution is 2.60. The number of hydrogen-bond donors (Lipinski definition) is 0. The zero-order valence-corrected chi connectivity index (χ0v) is 30.1. The summed E-state index contributed by atoms with van der Waals surface area (Å²) in [5, 5.41) is 4.62. The number of fused-ring (bicyclic) bond motifs is 8. The molecule has 0 N–H and O–H groups in total. The Bertz CT molecular complexity index is 2940. The van der Waals surface area contributed by atoms with E-state index in [0.29, 0.717) is 0 Å². The van der Waals surface area contributed by atoms with E-state index in [9.17, 15) is 0 Å². The first-order valence-electron chi connectivity index (χ1n) is 18.9. The molecular weight excluding hydrogens is 667 g/mol. The van der Waals surface area contributed by atoms with E-state index in [1.54, 1.807) is 0 Å². The largest absolute Gasteiger partial charge is 0.455 e. The van der Waals surface area contributed by atoms with Crippen LogP contribution in [0, 0.1) is 0 Å². The summed E-state index contributed by atoms with van der Waals surface area (Å²) in [5.74, 6) is 0. The van der Waals surface area contributed by atoms with E-state index in [1.165, 1.54) is 49.7 Å². The van der Waals surface area contributed by atoms with Crippen molar-refractivity contribution in [2.45, 2.75) is 5.41 Å². The maximum absolute atomic E-state index is 7.06. The van der Waals surface area contributed by atoms with Crippen molar-refractivity contribution in [3.8, 4) is 22.3 Å². The molecule has 1 heterocycles. The Balaban J connectivity index is 1.27. The minimum atomic E-state index is -0.566. The fourth-order valence-electron chi connectivity index (χ4n) is 9.31. The maximum atomic E-state index is 7.06. The van der Waals surface area contributed by atoms with E-state index in [1.807, 2.05) is 0 Å². The van der Waals surface area contributed by atoms with Gasteiger partial charge in [-0.1, -0.05) is 170 Å². The molecule has 10 aromatic rings. The zero-order chi connectivity index (χ0) is 36.3. The summed E-state index contributed by atoms with van der Waals surface area (Å²) in [5.41, 5.74) is 14.3. The number of hydrogen-bond acceptors (Lipinski definition) is 2. The van der Waals surface area contributed by atoms with Gasteiger partial charge in [-0.3, -0.25) is 0 Å². The van der Waals surface area contributed by atoms with E-state index in [-0.39, 0.29) is 0 Å². The molecule has 0 saturated carbocycles. The van der Waals surface area contributed by atoms with Crippen LogP contribution in [0.15, 0.2) is 217 Å². The quantitative estimate of drug-likeness (QED) is 0.172. The van der Waals surface area contributed by atoms with Gasteiger partial charge in [-0.05, 0) is 86.8 Å². The molecule has 0 saturated heterocycles. The van der Waals surface area contributed by atoms with Crippen LogP contribution in [0.25, 0.3) is 55.0 Å². The monoisotopic (exact) mass is 701 g/mol. The van der Waals surface area contributed by atoms with Crippen molar-refractivity contribution in [3.63, 3.8) is 0 Å². The Hall–Kier alpha value is -7.16. The molecule has 11 rings (SSSR count). The Morgan fingerprint density at radius 2 is 0.909 bits per heavy atom. The van der Waals surface area contributed by atoms with Gasteiger partial charge in [-0.2, -0.15) is 0 Å². The van der Waals surface area contributed by atoms with Crippen LogP contribution in [0.3, 0.4) is 0 Å². The summed E-state index contributed by atoms with van der Waals surface area (Å²) in [4.78, 5) is 2.37. The molecule has 55 heavy (non-hydrogen) atoms. The van der Waals surface area contributed by atoms with Gasteiger partial charge in [0.25, 0.3) is 0 Å². The zero-order valence-electron chi connectivity index (χ0n) is 30.1. The molecule has 0 bridgehead atoms. The van der Waals surface area contributed by atoms with Gasteiger partial charge in [0.05, 0.1) is 11.1 Å². The maximum Gasteiger partial charge on any atom is 0.144 e. The van der Waals surface area contributed by atoms with Crippen LogP contribution in [-0.2, 0) is 5.41 Å². The number of nitrogens with zero attached hydrogens (tertiary/aromatic N) is 1. The smallest absolute Gasteiger partial charge is 0.144 e. The topological polar surface area (TPSA) is 16.4 Å². The highest BCUT2D eigenvalue weighted by molar-refractivity contribution is 6.21. The number of rotatable bonds is 6. The minimum Gasteiger partial charge on any atom is -0.455 e. The second-order valence-corrected chi connectivity index (χ2v) is 14.4. The van der Waals surface area contributed by atoms with Gasteiger partial charge in [-0.15, -0.1) is 0 Å². The van der Waals surface area contributed by atoms with Crippen molar-refractivity contribution in [2.24, 2.45) is 0 Å². The van der Waals surface area contributed by atoms with Crippen LogP contribution >= 0.6 is 0 Å². The van der Waals surface area contributed by atoms with Crippen LogP contribution in [-0.4, -0.2) is 0 Å². The van der Waals surface area contributed by atoms with Crippen LogP contribution in [0.4, 0.5) is 17.1 Å². The molecule has 1 aliphatic carbocycles. The fourth-order valence-corrected chi connectivity index (χ4v) is 9.31. The van der Waals surface area contributed by atoms with Crippen LogP contribution in [0.2, 0.25) is 0 Å². The van der Waals surface area contributed by atoms with E-state index in [2.05, 4.69) is 217 Å². The molecule has 0 amide bonds. The van der Waals surface area contributed by atoms with Gasteiger partial charge >= 0.3 is 0 Å². The first-order chi connectivity index (χ1) is 27.3. The van der Waals surface area contributed by atoms with Crippen molar-refractivity contribution >= 4 is 49.8 Å². The van der Waals surface area contributed by atoms with Crippen molar-refractivity contribution < 1.29 is 4.42 Å². The summed E-state index contributed by atoms with van der Waals surface area (Å²) >= 11 is 0. The Morgan fingerprint density at radius 3 is 1.56 bits per heavy atom. The average Bonchev–Trinajstić information content (AvgIpc) is 3.79. The summed E-state index contributed by atoms with van der Waals surface area (Å²) < 4.78 is 7.06. The van der Waals surface area contributed by atoms with Gasteiger partial charge in [0, 0.05) is 33.1 Å². The minimum absolute atomic E-state index is 0.566. The molecule has 2 nitrogen and oxygen atoms in total. The highest BCUT2D eigenvalue weighted by Gasteiger charge is 2.48. The number of benzene rings is 9. The summed E-state index contributed by atoms with van der Waals surface area (Å²) in [6, 6.07) is 76.8. The molecule has 0 atom stereocenters. The Kier molecular flexibility index (Phi) is 7.11. The molecule has 2 heteroatoms. The highest BCUT2D eigenvalue weighted by atomic mass is 16.3. The van der Waals surface area contributed by atoms with Gasteiger partial charge in [0.15, 0.2) is 0 Å². The third-order valence-electron chi connectivity index (χ3n) is 11.5. The number of furan rings is 1. The standard InChI is InChI=1S/C53H35NO/c1-5-19-36(20-6-1)53(37-21-7-2-8-22-37)46-31-17-15-29-43(46)51-47(53)35-45(50-44-30-16-18-32-49(44)55-52(50)51)41-33-34-48(42-28-14-13-27-40(41)42)54(38-23-9-3-10-24-38)39-25-11-4-12-26-39/h1-35H. The first kappa shape index (κ1) is 31.4. The average molecular weight is 702 g/mol. The Morgan fingerprint density at radius 1 is 0.382 bits per heavy atom. The van der Waals surface area contributed by atoms with Crippen LogP contribution in [0.5, 0.6) is 0 Å². The van der Waals surface area contributed by atoms with Gasteiger partial charge < -0.3 is 9.32 Å². The lowest BCUT2D eigenvalue weighted by molar-refractivity contribution is 0.669. The second-order valence-electron chi connectivity index (χ2n) is 14.4. The summed E-state index contributed by atoms with van der Waals surface area (Å²) in [6.45, 7) is 0. The van der Waals surface area contributed by atoms with Crippen LogP contribution < -0.4 is 4.90 Å². The van der Waals surface area contributed by atoms with Gasteiger partial charge in [-0.25, -0.2) is 0 Å². The normalized spacial score (nSPS) is 12.9. The van der Waals surface area contributed by atoms with Crippen molar-refractivity contribution in [1.82, 2.24) is 0 Å². The van der Waals surface area contributed by atoms with Crippen molar-refractivity contribution in [2.75, 3.05) is 4.90 Å². The SMILES string of the molecule is c1ccc(N(c2ccccc2)c2ccc(-c3cc4c(c5oc6ccccc6c35)-c3ccccc3C4(c3ccccc3)c3ccccc3)c3ccccc23)cc1. The number of anilines is 3. The van der Waals surface area contributed by atoms with E-state index in [0.717, 1.165) is 44.6 Å². The van der Waals surface area contributed by atoms with Crippen molar-refractivity contribution in [3.05, 3.63) is 235 Å². The first-order valence-corrected chi connectivity index (χ1v) is 18.9. The predicted octanol–water partition coefficient (Wildman–Crippen LogP) is 14.2. The molecule has 9 aromatic carbocycles. The third-order valence-corrected chi connectivity index (χ3v) is 11.5. The molecule has 0 fully saturated rings. The van der Waals surface area contributed by atoms with Crippen molar-refractivity contribution in [1.29, 1.82) is 0 Å². The molecule has 0 aliphatic heterocycles. The fraction of sp³-hybridized carbons (Fsp3) is 0.0189. The molecule has 258 valence electrons. The van der Waals surface area contributed by atoms with Gasteiger partial charge in [0.1, 0.15) is 11.2 Å². The Labute approximate surface area is 320 Å². The molecule has 1 aromatic heterocycles. The lowest BCUT2D eigenvalue weighted by atomic mass is 9.67. The van der Waals surface area contributed by atoms with E-state index >= 15 is 0 Å². The number of para-hydroxylation sites is 3. The lowest BCUT2D eigenvalue weighted by Gasteiger charge is -2.34. The third kappa shape index (κ3) is 4.62. The molecule has 0 unspecified atom stereocenters. The summed E-state index contributed by atoms with van der Waals surface area (Å²) in [6.07, 6.45) is 0. The predicted molar refractivity (Wildman–Crippen MR) is 229 cm³/mol. The van der Waals surface area contributed by atoms with Gasteiger partial charge in [0.2, 0.25) is 0 Å². The van der Waals surface area contributed by atoms with Crippen LogP contribution in [0.1, 0.15) is 22.3 Å². The molecule has 0 radical (unpaired) electrons. The second kappa shape index (κ2) is 12.5. The molecule has 1 aliphatic rings. The van der Waals surface area contributed by atoms with E-state index in [4.69, 9.17) is 4.42 Å². The van der Waals surface area contributed by atoms with E-state index < -0.39 is 5.41 Å². The summed E-state index contributed by atoms with van der Waals surface area (Å²) in [7, 11) is 0. The molecule has 0 spiro atoms.